The molecular formula is C10H15FN2O3S. The molecule has 0 saturated heterocycles. The highest BCUT2D eigenvalue weighted by molar-refractivity contribution is 7.89. The molecule has 1 atom stereocenters. The van der Waals surface area contributed by atoms with E-state index < -0.39 is 21.9 Å². The minimum atomic E-state index is -3.80. The van der Waals surface area contributed by atoms with E-state index in [0.717, 1.165) is 22.5 Å². The summed E-state index contributed by atoms with van der Waals surface area (Å²) in [6, 6.07) is 3.08. The molecule has 0 saturated carbocycles. The summed E-state index contributed by atoms with van der Waals surface area (Å²) in [6.45, 7) is 1.42. The highest BCUT2D eigenvalue weighted by Gasteiger charge is 2.24. The van der Waals surface area contributed by atoms with Crippen LogP contribution < -0.4 is 5.73 Å². The summed E-state index contributed by atoms with van der Waals surface area (Å²) >= 11 is 0. The number of halogens is 1. The molecule has 0 aromatic heterocycles. The monoisotopic (exact) mass is 262 g/mol. The number of hydrogen-bond donors (Lipinski definition) is 2. The van der Waals surface area contributed by atoms with Crippen molar-refractivity contribution in [3.63, 3.8) is 0 Å². The molecule has 3 N–H and O–H groups in total. The Balaban J connectivity index is 3.13. The molecule has 0 spiro atoms. The SMILES string of the molecule is CC(O)CN(C)S(=O)(=O)c1ccc(F)cc1N. The van der Waals surface area contributed by atoms with Crippen molar-refractivity contribution >= 4 is 15.7 Å². The number of sulfonamides is 1. The minimum absolute atomic E-state index is 0.0564. The van der Waals surface area contributed by atoms with Gasteiger partial charge in [-0.2, -0.15) is 4.31 Å². The van der Waals surface area contributed by atoms with E-state index in [1.54, 1.807) is 0 Å². The first-order valence-corrected chi connectivity index (χ1v) is 6.38. The van der Waals surface area contributed by atoms with Gasteiger partial charge in [0.05, 0.1) is 11.8 Å². The van der Waals surface area contributed by atoms with Crippen molar-refractivity contribution in [1.29, 1.82) is 0 Å². The van der Waals surface area contributed by atoms with Crippen molar-refractivity contribution in [3.8, 4) is 0 Å². The van der Waals surface area contributed by atoms with Gasteiger partial charge in [0.15, 0.2) is 0 Å². The first-order chi connectivity index (χ1) is 7.75. The molecule has 1 unspecified atom stereocenters. The zero-order valence-corrected chi connectivity index (χ0v) is 10.4. The van der Waals surface area contributed by atoms with Gasteiger partial charge in [0.25, 0.3) is 0 Å². The van der Waals surface area contributed by atoms with Gasteiger partial charge >= 0.3 is 0 Å². The van der Waals surface area contributed by atoms with Gasteiger partial charge < -0.3 is 10.8 Å². The number of hydrogen-bond acceptors (Lipinski definition) is 4. The molecule has 0 aliphatic rings. The van der Waals surface area contributed by atoms with Crippen molar-refractivity contribution in [2.45, 2.75) is 17.9 Å². The maximum Gasteiger partial charge on any atom is 0.244 e. The Kier molecular flexibility index (Phi) is 4.07. The number of likely N-dealkylation sites (N-methyl/N-ethyl adjacent to an activating group) is 1. The smallest absolute Gasteiger partial charge is 0.244 e. The Morgan fingerprint density at radius 3 is 2.59 bits per heavy atom. The second kappa shape index (κ2) is 4.99. The maximum atomic E-state index is 12.8. The van der Waals surface area contributed by atoms with E-state index in [1.807, 2.05) is 0 Å². The highest BCUT2D eigenvalue weighted by Crippen LogP contribution is 2.22. The summed E-state index contributed by atoms with van der Waals surface area (Å²) in [5, 5.41) is 9.15. The summed E-state index contributed by atoms with van der Waals surface area (Å²) in [5.41, 5.74) is 5.32. The first kappa shape index (κ1) is 13.9. The normalized spacial score (nSPS) is 13.9. The Labute approximate surface area is 99.7 Å². The van der Waals surface area contributed by atoms with Crippen LogP contribution in [0.2, 0.25) is 0 Å². The van der Waals surface area contributed by atoms with Crippen molar-refractivity contribution in [1.82, 2.24) is 4.31 Å². The Hall–Kier alpha value is -1.18. The molecule has 0 fully saturated rings. The molecule has 17 heavy (non-hydrogen) atoms. The molecule has 0 aliphatic carbocycles. The zero-order chi connectivity index (χ0) is 13.2. The van der Waals surface area contributed by atoms with E-state index in [9.17, 15) is 12.8 Å². The summed E-state index contributed by atoms with van der Waals surface area (Å²) in [4.78, 5) is -0.165. The molecule has 0 heterocycles. The molecule has 0 amide bonds. The predicted molar refractivity (Wildman–Crippen MR) is 62.3 cm³/mol. The lowest BCUT2D eigenvalue weighted by Gasteiger charge is -2.19. The quantitative estimate of drug-likeness (QED) is 0.770. The highest BCUT2D eigenvalue weighted by atomic mass is 32.2. The molecular weight excluding hydrogens is 247 g/mol. The standard InChI is InChI=1S/C10H15FN2O3S/c1-7(14)6-13(2)17(15,16)10-4-3-8(11)5-9(10)12/h3-5,7,14H,6,12H2,1-2H3. The van der Waals surface area contributed by atoms with Crippen LogP contribution in [-0.2, 0) is 10.0 Å². The lowest BCUT2D eigenvalue weighted by Crippen LogP contribution is -2.33. The van der Waals surface area contributed by atoms with Gasteiger partial charge in [-0.15, -0.1) is 0 Å². The molecule has 1 aromatic rings. The third-order valence-corrected chi connectivity index (χ3v) is 4.08. The molecule has 7 heteroatoms. The van der Waals surface area contributed by atoms with Crippen molar-refractivity contribution in [2.75, 3.05) is 19.3 Å². The van der Waals surface area contributed by atoms with Crippen LogP contribution in [0.1, 0.15) is 6.92 Å². The van der Waals surface area contributed by atoms with Crippen molar-refractivity contribution in [2.24, 2.45) is 0 Å². The molecule has 0 radical (unpaired) electrons. The summed E-state index contributed by atoms with van der Waals surface area (Å²) < 4.78 is 37.8. The Morgan fingerprint density at radius 1 is 1.53 bits per heavy atom. The van der Waals surface area contributed by atoms with Crippen LogP contribution in [0.15, 0.2) is 23.1 Å². The largest absolute Gasteiger partial charge is 0.398 e. The number of rotatable bonds is 4. The van der Waals surface area contributed by atoms with Crippen LogP contribution in [0.4, 0.5) is 10.1 Å². The fraction of sp³-hybridized carbons (Fsp3) is 0.400. The molecule has 1 aromatic carbocycles. The Morgan fingerprint density at radius 2 is 2.12 bits per heavy atom. The lowest BCUT2D eigenvalue weighted by molar-refractivity contribution is 0.171. The van der Waals surface area contributed by atoms with Gasteiger partial charge in [-0.05, 0) is 25.1 Å². The van der Waals surface area contributed by atoms with Crippen LogP contribution in [0.5, 0.6) is 0 Å². The van der Waals surface area contributed by atoms with Crippen molar-refractivity contribution < 1.29 is 17.9 Å². The average molecular weight is 262 g/mol. The van der Waals surface area contributed by atoms with Gasteiger partial charge in [0, 0.05) is 13.6 Å². The fourth-order valence-electron chi connectivity index (χ4n) is 1.39. The minimum Gasteiger partial charge on any atom is -0.398 e. The van der Waals surface area contributed by atoms with Crippen LogP contribution >= 0.6 is 0 Å². The number of nitrogens with two attached hydrogens (primary N) is 1. The van der Waals surface area contributed by atoms with Crippen LogP contribution in [-0.4, -0.2) is 37.5 Å². The van der Waals surface area contributed by atoms with Gasteiger partial charge in [-0.25, -0.2) is 12.8 Å². The number of anilines is 1. The van der Waals surface area contributed by atoms with E-state index in [0.29, 0.717) is 0 Å². The number of aliphatic hydroxyl groups excluding tert-OH is 1. The first-order valence-electron chi connectivity index (χ1n) is 4.94. The second-order valence-electron chi connectivity index (χ2n) is 3.82. The molecule has 0 bridgehead atoms. The van der Waals surface area contributed by atoms with E-state index in [-0.39, 0.29) is 17.1 Å². The van der Waals surface area contributed by atoms with E-state index >= 15 is 0 Å². The summed E-state index contributed by atoms with van der Waals surface area (Å²) in [5.74, 6) is -0.598. The van der Waals surface area contributed by atoms with E-state index in [4.69, 9.17) is 10.8 Å². The zero-order valence-electron chi connectivity index (χ0n) is 9.59. The molecule has 1 rings (SSSR count). The van der Waals surface area contributed by atoms with Gasteiger partial charge in [-0.1, -0.05) is 0 Å². The summed E-state index contributed by atoms with van der Waals surface area (Å²) in [6.07, 6.45) is -0.795. The van der Waals surface area contributed by atoms with Gasteiger partial charge in [0.2, 0.25) is 10.0 Å². The van der Waals surface area contributed by atoms with Gasteiger partial charge in [-0.3, -0.25) is 0 Å². The topological polar surface area (TPSA) is 83.6 Å². The van der Waals surface area contributed by atoms with Crippen LogP contribution in [0.25, 0.3) is 0 Å². The molecule has 0 aliphatic heterocycles. The molecule has 96 valence electrons. The Bertz CT molecular complexity index is 502. The van der Waals surface area contributed by atoms with E-state index in [2.05, 4.69) is 0 Å². The second-order valence-corrected chi connectivity index (χ2v) is 5.83. The number of benzene rings is 1. The fourth-order valence-corrected chi connectivity index (χ4v) is 2.74. The number of nitrogen functional groups attached to an aromatic ring is 1. The van der Waals surface area contributed by atoms with Crippen LogP contribution in [0, 0.1) is 5.82 Å². The maximum absolute atomic E-state index is 12.8. The summed E-state index contributed by atoms with van der Waals surface area (Å²) in [7, 11) is -2.48. The third-order valence-electron chi connectivity index (χ3n) is 2.18. The lowest BCUT2D eigenvalue weighted by atomic mass is 10.3. The average Bonchev–Trinajstić information content (AvgIpc) is 2.15. The number of nitrogens with zero attached hydrogens (tertiary/aromatic N) is 1. The predicted octanol–water partition coefficient (Wildman–Crippen LogP) is 0.409. The van der Waals surface area contributed by atoms with Crippen molar-refractivity contribution in [3.05, 3.63) is 24.0 Å². The third kappa shape index (κ3) is 3.15. The van der Waals surface area contributed by atoms with E-state index in [1.165, 1.54) is 14.0 Å². The van der Waals surface area contributed by atoms with Crippen LogP contribution in [0.3, 0.4) is 0 Å². The van der Waals surface area contributed by atoms with Gasteiger partial charge in [0.1, 0.15) is 10.7 Å². The molecule has 5 nitrogen and oxygen atoms in total. The number of aliphatic hydroxyl groups is 1.